The number of hydrogen-bond acceptors (Lipinski definition) is 4. The van der Waals surface area contributed by atoms with Gasteiger partial charge in [-0.2, -0.15) is 0 Å². The van der Waals surface area contributed by atoms with Crippen molar-refractivity contribution in [2.24, 2.45) is 5.92 Å². The Morgan fingerprint density at radius 2 is 1.95 bits per heavy atom. The smallest absolute Gasteiger partial charge is 0.329 e. The molecule has 1 aliphatic heterocycles. The van der Waals surface area contributed by atoms with Crippen molar-refractivity contribution in [2.75, 3.05) is 6.54 Å². The van der Waals surface area contributed by atoms with Crippen LogP contribution in [0.2, 0.25) is 0 Å². The minimum Gasteiger partial charge on any atom is -0.480 e. The van der Waals surface area contributed by atoms with Crippen LogP contribution >= 0.6 is 0 Å². The van der Waals surface area contributed by atoms with Crippen molar-refractivity contribution < 1.29 is 24.3 Å². The van der Waals surface area contributed by atoms with Crippen LogP contribution in [0, 0.1) is 5.92 Å². The fraction of sp³-hybridized carbons (Fsp3) is 0.692. The average Bonchev–Trinajstić information content (AvgIpc) is 3.17. The largest absolute Gasteiger partial charge is 0.480 e. The SMILES string of the molecule is CC(NC(=O)N1CC(=O)NC(=O)C1(C)C)(C(=O)O)C1CC1. The molecule has 8 nitrogen and oxygen atoms in total. The predicted molar refractivity (Wildman–Crippen MR) is 71.2 cm³/mol. The second-order valence-electron chi connectivity index (χ2n) is 6.23. The highest BCUT2D eigenvalue weighted by atomic mass is 16.4. The molecule has 2 rings (SSSR count). The fourth-order valence-electron chi connectivity index (χ4n) is 2.39. The summed E-state index contributed by atoms with van der Waals surface area (Å²) in [7, 11) is 0. The number of carbonyl (C=O) groups is 4. The Balaban J connectivity index is 2.20. The Morgan fingerprint density at radius 1 is 1.38 bits per heavy atom. The molecule has 1 saturated heterocycles. The van der Waals surface area contributed by atoms with Crippen LogP contribution < -0.4 is 10.6 Å². The van der Waals surface area contributed by atoms with E-state index in [1.54, 1.807) is 0 Å². The van der Waals surface area contributed by atoms with Gasteiger partial charge < -0.3 is 15.3 Å². The zero-order chi connectivity index (χ0) is 16.0. The van der Waals surface area contributed by atoms with Gasteiger partial charge in [0.2, 0.25) is 5.91 Å². The number of urea groups is 1. The second kappa shape index (κ2) is 4.71. The summed E-state index contributed by atoms with van der Waals surface area (Å²) in [5.41, 5.74) is -2.61. The van der Waals surface area contributed by atoms with Gasteiger partial charge in [-0.25, -0.2) is 9.59 Å². The van der Waals surface area contributed by atoms with E-state index in [0.29, 0.717) is 0 Å². The molecule has 0 aromatic rings. The lowest BCUT2D eigenvalue weighted by Gasteiger charge is -2.41. The third-order valence-corrected chi connectivity index (χ3v) is 4.24. The number of rotatable bonds is 3. The highest BCUT2D eigenvalue weighted by Gasteiger charge is 2.51. The molecule has 1 atom stereocenters. The van der Waals surface area contributed by atoms with Crippen LogP contribution in [0.25, 0.3) is 0 Å². The van der Waals surface area contributed by atoms with Crippen molar-refractivity contribution in [1.29, 1.82) is 0 Å². The molecule has 1 heterocycles. The van der Waals surface area contributed by atoms with Crippen molar-refractivity contribution in [1.82, 2.24) is 15.5 Å². The Kier molecular flexibility index (Phi) is 3.43. The van der Waals surface area contributed by atoms with Crippen molar-refractivity contribution in [3.05, 3.63) is 0 Å². The standard InChI is InChI=1S/C13H19N3O5/c1-12(2)9(18)14-8(17)6-16(12)11(21)15-13(3,10(19)20)7-4-5-7/h7H,4-6H2,1-3H3,(H,15,21)(H,19,20)(H,14,17,18). The third kappa shape index (κ3) is 2.57. The molecule has 1 unspecified atom stereocenters. The van der Waals surface area contributed by atoms with E-state index in [2.05, 4.69) is 10.6 Å². The molecule has 1 saturated carbocycles. The van der Waals surface area contributed by atoms with E-state index < -0.39 is 34.9 Å². The Hall–Kier alpha value is -2.12. The summed E-state index contributed by atoms with van der Waals surface area (Å²) in [6.45, 7) is 4.17. The molecule has 4 amide bonds. The molecular weight excluding hydrogens is 278 g/mol. The molecule has 0 aromatic heterocycles. The second-order valence-corrected chi connectivity index (χ2v) is 6.23. The van der Waals surface area contributed by atoms with Crippen LogP contribution in [-0.4, -0.2) is 51.4 Å². The number of carboxylic acid groups (broad SMARTS) is 1. The van der Waals surface area contributed by atoms with E-state index in [0.717, 1.165) is 17.7 Å². The number of imide groups is 1. The number of carboxylic acids is 1. The first kappa shape index (κ1) is 15.3. The van der Waals surface area contributed by atoms with Gasteiger partial charge in [-0.3, -0.25) is 14.9 Å². The van der Waals surface area contributed by atoms with E-state index in [-0.39, 0.29) is 12.5 Å². The van der Waals surface area contributed by atoms with Gasteiger partial charge in [-0.15, -0.1) is 0 Å². The lowest BCUT2D eigenvalue weighted by Crippen LogP contribution is -2.69. The van der Waals surface area contributed by atoms with E-state index in [1.807, 2.05) is 0 Å². The summed E-state index contributed by atoms with van der Waals surface area (Å²) < 4.78 is 0. The van der Waals surface area contributed by atoms with Crippen LogP contribution in [0.5, 0.6) is 0 Å². The molecular formula is C13H19N3O5. The molecule has 2 fully saturated rings. The minimum absolute atomic E-state index is 0.128. The van der Waals surface area contributed by atoms with Crippen LogP contribution in [0.4, 0.5) is 4.79 Å². The lowest BCUT2D eigenvalue weighted by atomic mass is 9.95. The Morgan fingerprint density at radius 3 is 2.43 bits per heavy atom. The van der Waals surface area contributed by atoms with Crippen molar-refractivity contribution in [2.45, 2.75) is 44.7 Å². The number of piperazine rings is 1. The average molecular weight is 297 g/mol. The highest BCUT2D eigenvalue weighted by molar-refractivity contribution is 6.06. The quantitative estimate of drug-likeness (QED) is 0.618. The summed E-state index contributed by atoms with van der Waals surface area (Å²) in [6, 6.07) is -0.722. The van der Waals surface area contributed by atoms with Crippen LogP contribution in [0.1, 0.15) is 33.6 Å². The first-order chi connectivity index (χ1) is 9.59. The summed E-state index contributed by atoms with van der Waals surface area (Å²) in [4.78, 5) is 48.1. The normalized spacial score (nSPS) is 24.0. The number of nitrogens with zero attached hydrogens (tertiary/aromatic N) is 1. The molecule has 8 heteroatoms. The number of nitrogens with one attached hydrogen (secondary N) is 2. The van der Waals surface area contributed by atoms with Gasteiger partial charge in [-0.05, 0) is 39.5 Å². The molecule has 2 aliphatic rings. The molecule has 0 spiro atoms. The molecule has 21 heavy (non-hydrogen) atoms. The topological polar surface area (TPSA) is 116 Å². The summed E-state index contributed by atoms with van der Waals surface area (Å²) in [5, 5.41) is 14.0. The molecule has 3 N–H and O–H groups in total. The van der Waals surface area contributed by atoms with Crippen molar-refractivity contribution >= 4 is 23.8 Å². The molecule has 1 aliphatic carbocycles. The first-order valence-electron chi connectivity index (χ1n) is 6.76. The zero-order valence-electron chi connectivity index (χ0n) is 12.2. The molecule has 116 valence electrons. The zero-order valence-corrected chi connectivity index (χ0v) is 12.2. The van der Waals surface area contributed by atoms with Crippen molar-refractivity contribution in [3.63, 3.8) is 0 Å². The van der Waals surface area contributed by atoms with E-state index in [1.165, 1.54) is 20.8 Å². The van der Waals surface area contributed by atoms with Crippen molar-refractivity contribution in [3.8, 4) is 0 Å². The van der Waals surface area contributed by atoms with Gasteiger partial charge in [0.05, 0.1) is 0 Å². The van der Waals surface area contributed by atoms with E-state index >= 15 is 0 Å². The Labute approximate surface area is 121 Å². The van der Waals surface area contributed by atoms with Crippen LogP contribution in [0.15, 0.2) is 0 Å². The maximum atomic E-state index is 12.4. The monoisotopic (exact) mass is 297 g/mol. The number of amides is 4. The van der Waals surface area contributed by atoms with Gasteiger partial charge in [0.1, 0.15) is 17.6 Å². The minimum atomic E-state index is -1.38. The summed E-state index contributed by atoms with van der Waals surface area (Å²) >= 11 is 0. The third-order valence-electron chi connectivity index (χ3n) is 4.24. The number of hydrogen-bond donors (Lipinski definition) is 3. The fourth-order valence-corrected chi connectivity index (χ4v) is 2.39. The summed E-state index contributed by atoms with van der Waals surface area (Å²) in [6.07, 6.45) is 1.46. The number of carbonyl (C=O) groups excluding carboxylic acids is 3. The van der Waals surface area contributed by atoms with E-state index in [4.69, 9.17) is 0 Å². The van der Waals surface area contributed by atoms with Gasteiger partial charge in [0.15, 0.2) is 0 Å². The lowest BCUT2D eigenvalue weighted by molar-refractivity contribution is -0.145. The van der Waals surface area contributed by atoms with Crippen LogP contribution in [-0.2, 0) is 14.4 Å². The molecule has 0 aromatic carbocycles. The number of aliphatic carboxylic acids is 1. The van der Waals surface area contributed by atoms with Gasteiger partial charge >= 0.3 is 12.0 Å². The maximum Gasteiger partial charge on any atom is 0.329 e. The van der Waals surface area contributed by atoms with E-state index in [9.17, 15) is 24.3 Å². The van der Waals surface area contributed by atoms with Crippen LogP contribution in [0.3, 0.4) is 0 Å². The van der Waals surface area contributed by atoms with Gasteiger partial charge in [-0.1, -0.05) is 0 Å². The van der Waals surface area contributed by atoms with Gasteiger partial charge in [0, 0.05) is 0 Å². The molecule has 0 bridgehead atoms. The molecule has 0 radical (unpaired) electrons. The summed E-state index contributed by atoms with van der Waals surface area (Å²) in [5.74, 6) is -2.42. The van der Waals surface area contributed by atoms with Gasteiger partial charge in [0.25, 0.3) is 5.91 Å². The predicted octanol–water partition coefficient (Wildman–Crippen LogP) is -0.314. The first-order valence-corrected chi connectivity index (χ1v) is 6.76. The Bertz CT molecular complexity index is 526. The maximum absolute atomic E-state index is 12.4. The highest BCUT2D eigenvalue weighted by Crippen LogP contribution is 2.40.